The summed E-state index contributed by atoms with van der Waals surface area (Å²) >= 11 is 0. The van der Waals surface area contributed by atoms with Gasteiger partial charge in [-0.2, -0.15) is 0 Å². The Hall–Kier alpha value is -0.610. The highest BCUT2D eigenvalue weighted by Gasteiger charge is 2.12. The Morgan fingerprint density at radius 2 is 2.13 bits per heavy atom. The van der Waals surface area contributed by atoms with Crippen molar-refractivity contribution in [1.82, 2.24) is 10.2 Å². The van der Waals surface area contributed by atoms with Crippen LogP contribution in [-0.2, 0) is 4.79 Å². The van der Waals surface area contributed by atoms with Gasteiger partial charge in [-0.15, -0.1) is 0 Å². The molecule has 0 bridgehead atoms. The molecule has 4 nitrogen and oxygen atoms in total. The zero-order chi connectivity index (χ0) is 11.1. The zero-order valence-electron chi connectivity index (χ0n) is 9.67. The second-order valence-electron chi connectivity index (χ2n) is 4.27. The molecule has 1 saturated heterocycles. The van der Waals surface area contributed by atoms with Crippen LogP contribution in [0.4, 0.5) is 0 Å². The first kappa shape index (κ1) is 12.5. The molecule has 3 N–H and O–H groups in total. The van der Waals surface area contributed by atoms with Crippen molar-refractivity contribution in [3.05, 3.63) is 0 Å². The molecule has 1 rings (SSSR count). The normalized spacial score (nSPS) is 19.1. The number of nitrogens with one attached hydrogen (secondary N) is 1. The highest BCUT2D eigenvalue weighted by Crippen LogP contribution is 2.07. The molecule has 4 heteroatoms. The van der Waals surface area contributed by atoms with E-state index in [0.717, 1.165) is 26.1 Å². The Balaban J connectivity index is 2.02. The summed E-state index contributed by atoms with van der Waals surface area (Å²) in [5, 5.41) is 2.87. The van der Waals surface area contributed by atoms with Crippen molar-refractivity contribution in [1.29, 1.82) is 0 Å². The van der Waals surface area contributed by atoms with E-state index in [1.807, 2.05) is 6.92 Å². The van der Waals surface area contributed by atoms with Gasteiger partial charge in [-0.25, -0.2) is 0 Å². The van der Waals surface area contributed by atoms with Crippen LogP contribution < -0.4 is 11.1 Å². The summed E-state index contributed by atoms with van der Waals surface area (Å²) in [5.74, 6) is 0.130. The summed E-state index contributed by atoms with van der Waals surface area (Å²) in [5.41, 5.74) is 5.71. The highest BCUT2D eigenvalue weighted by molar-refractivity contribution is 5.76. The quantitative estimate of drug-likeness (QED) is 0.668. The van der Waals surface area contributed by atoms with Crippen molar-refractivity contribution in [3.8, 4) is 0 Å². The number of carbonyl (C=O) groups excluding carboxylic acids is 1. The molecule has 0 aromatic carbocycles. The molecule has 1 fully saturated rings. The third-order valence-corrected chi connectivity index (χ3v) is 2.94. The van der Waals surface area contributed by atoms with E-state index < -0.39 is 0 Å². The molecule has 1 aliphatic rings. The second kappa shape index (κ2) is 6.80. The van der Waals surface area contributed by atoms with Gasteiger partial charge in [0.25, 0.3) is 0 Å². The number of nitrogens with zero attached hydrogens (tertiary/aromatic N) is 1. The fourth-order valence-electron chi connectivity index (χ4n) is 1.74. The van der Waals surface area contributed by atoms with E-state index in [9.17, 15) is 4.79 Å². The molecule has 0 saturated carbocycles. The Labute approximate surface area is 92.2 Å². The van der Waals surface area contributed by atoms with Gasteiger partial charge in [0.2, 0.25) is 5.91 Å². The van der Waals surface area contributed by atoms with Gasteiger partial charge in [0, 0.05) is 25.6 Å². The van der Waals surface area contributed by atoms with Gasteiger partial charge < -0.3 is 16.0 Å². The van der Waals surface area contributed by atoms with E-state index in [2.05, 4.69) is 10.2 Å². The van der Waals surface area contributed by atoms with Crippen molar-refractivity contribution in [2.75, 3.05) is 26.2 Å². The molecule has 15 heavy (non-hydrogen) atoms. The molecule has 1 heterocycles. The molecule has 0 aromatic rings. The van der Waals surface area contributed by atoms with Gasteiger partial charge in [-0.3, -0.25) is 4.79 Å². The molecule has 88 valence electrons. The van der Waals surface area contributed by atoms with Crippen LogP contribution in [0.2, 0.25) is 0 Å². The molecule has 0 aliphatic carbocycles. The van der Waals surface area contributed by atoms with E-state index in [-0.39, 0.29) is 11.9 Å². The van der Waals surface area contributed by atoms with E-state index >= 15 is 0 Å². The molecule has 0 aromatic heterocycles. The molecule has 1 unspecified atom stereocenters. The molecule has 1 amide bonds. The van der Waals surface area contributed by atoms with Crippen LogP contribution in [0, 0.1) is 0 Å². The predicted molar refractivity (Wildman–Crippen MR) is 61.6 cm³/mol. The first-order valence-electron chi connectivity index (χ1n) is 5.97. The number of hydrogen-bond donors (Lipinski definition) is 2. The van der Waals surface area contributed by atoms with Crippen LogP contribution in [-0.4, -0.2) is 43.0 Å². The Morgan fingerprint density at radius 1 is 1.47 bits per heavy atom. The van der Waals surface area contributed by atoms with Gasteiger partial charge in [0.15, 0.2) is 0 Å². The maximum Gasteiger partial charge on any atom is 0.221 e. The average molecular weight is 213 g/mol. The minimum atomic E-state index is 0.0979. The van der Waals surface area contributed by atoms with Gasteiger partial charge in [0.1, 0.15) is 0 Å². The number of amides is 1. The van der Waals surface area contributed by atoms with Crippen LogP contribution in [0.1, 0.15) is 32.6 Å². The second-order valence-corrected chi connectivity index (χ2v) is 4.27. The third kappa shape index (κ3) is 5.14. The lowest BCUT2D eigenvalue weighted by Crippen LogP contribution is -2.38. The molecule has 0 radical (unpaired) electrons. The van der Waals surface area contributed by atoms with E-state index in [1.165, 1.54) is 12.8 Å². The first-order chi connectivity index (χ1) is 7.22. The number of hydrogen-bond acceptors (Lipinski definition) is 3. The first-order valence-corrected chi connectivity index (χ1v) is 5.97. The lowest BCUT2D eigenvalue weighted by molar-refractivity contribution is -0.121. The Bertz CT molecular complexity index is 190. The number of likely N-dealkylation sites (tertiary alicyclic amines) is 1. The predicted octanol–water partition coefficient (Wildman–Crippen LogP) is 0.326. The summed E-state index contributed by atoms with van der Waals surface area (Å²) in [7, 11) is 0. The maximum atomic E-state index is 11.4. The Kier molecular flexibility index (Phi) is 5.65. The SMILES string of the molecule is CCC(N)CNC(=O)CCN1CCCC1. The fraction of sp³-hybridized carbons (Fsp3) is 0.909. The number of carbonyl (C=O) groups is 1. The minimum Gasteiger partial charge on any atom is -0.355 e. The lowest BCUT2D eigenvalue weighted by atomic mass is 10.2. The standard InChI is InChI=1S/C11H23N3O/c1-2-10(12)9-13-11(15)5-8-14-6-3-4-7-14/h10H,2-9,12H2,1H3,(H,13,15). The summed E-state index contributed by atoms with van der Waals surface area (Å²) in [6.07, 6.45) is 4.08. The van der Waals surface area contributed by atoms with Crippen LogP contribution in [0.5, 0.6) is 0 Å². The molecule has 1 aliphatic heterocycles. The summed E-state index contributed by atoms with van der Waals surface area (Å²) in [6.45, 7) is 5.84. The lowest BCUT2D eigenvalue weighted by Gasteiger charge is -2.15. The van der Waals surface area contributed by atoms with E-state index in [1.54, 1.807) is 0 Å². The summed E-state index contributed by atoms with van der Waals surface area (Å²) in [6, 6.07) is 0.0979. The zero-order valence-corrected chi connectivity index (χ0v) is 9.67. The van der Waals surface area contributed by atoms with Crippen molar-refractivity contribution >= 4 is 5.91 Å². The summed E-state index contributed by atoms with van der Waals surface area (Å²) in [4.78, 5) is 13.8. The van der Waals surface area contributed by atoms with Crippen molar-refractivity contribution in [2.45, 2.75) is 38.6 Å². The number of nitrogens with two attached hydrogens (primary N) is 1. The third-order valence-electron chi connectivity index (χ3n) is 2.94. The largest absolute Gasteiger partial charge is 0.355 e. The van der Waals surface area contributed by atoms with E-state index in [4.69, 9.17) is 5.73 Å². The highest BCUT2D eigenvalue weighted by atomic mass is 16.1. The number of rotatable bonds is 6. The Morgan fingerprint density at radius 3 is 2.73 bits per heavy atom. The summed E-state index contributed by atoms with van der Waals surface area (Å²) < 4.78 is 0. The molecule has 1 atom stereocenters. The van der Waals surface area contributed by atoms with Gasteiger partial charge in [-0.05, 0) is 32.4 Å². The van der Waals surface area contributed by atoms with Crippen molar-refractivity contribution in [3.63, 3.8) is 0 Å². The van der Waals surface area contributed by atoms with Crippen LogP contribution >= 0.6 is 0 Å². The monoisotopic (exact) mass is 213 g/mol. The van der Waals surface area contributed by atoms with Gasteiger partial charge in [0.05, 0.1) is 0 Å². The molecular formula is C11H23N3O. The fourth-order valence-corrected chi connectivity index (χ4v) is 1.74. The minimum absolute atomic E-state index is 0.0979. The molecular weight excluding hydrogens is 190 g/mol. The van der Waals surface area contributed by atoms with Gasteiger partial charge in [-0.1, -0.05) is 6.92 Å². The maximum absolute atomic E-state index is 11.4. The molecule has 0 spiro atoms. The van der Waals surface area contributed by atoms with Crippen LogP contribution in [0.3, 0.4) is 0 Å². The van der Waals surface area contributed by atoms with Crippen LogP contribution in [0.15, 0.2) is 0 Å². The topological polar surface area (TPSA) is 58.4 Å². The van der Waals surface area contributed by atoms with Crippen LogP contribution in [0.25, 0.3) is 0 Å². The van der Waals surface area contributed by atoms with Gasteiger partial charge >= 0.3 is 0 Å². The van der Waals surface area contributed by atoms with Crippen molar-refractivity contribution < 1.29 is 4.79 Å². The van der Waals surface area contributed by atoms with E-state index in [0.29, 0.717) is 13.0 Å². The smallest absolute Gasteiger partial charge is 0.221 e. The van der Waals surface area contributed by atoms with Crippen molar-refractivity contribution in [2.24, 2.45) is 5.73 Å². The average Bonchev–Trinajstić information content (AvgIpc) is 2.75.